The van der Waals surface area contributed by atoms with E-state index in [1.165, 1.54) is 32.5 Å². The van der Waals surface area contributed by atoms with Gasteiger partial charge >= 0.3 is 0 Å². The van der Waals surface area contributed by atoms with E-state index in [2.05, 4.69) is 33.5 Å². The van der Waals surface area contributed by atoms with E-state index in [1.807, 2.05) is 28.2 Å². The predicted octanol–water partition coefficient (Wildman–Crippen LogP) is 1.98. The molecule has 0 N–H and O–H groups in total. The molecule has 0 atom stereocenters. The topological polar surface area (TPSA) is 22.1 Å². The third kappa shape index (κ3) is 7.54. The minimum absolute atomic E-state index is 0.912. The van der Waals surface area contributed by atoms with Gasteiger partial charge < -0.3 is 14.7 Å². The van der Waals surface area contributed by atoms with Crippen molar-refractivity contribution in [3.63, 3.8) is 0 Å². The first-order chi connectivity index (χ1) is 8.52. The molecule has 0 aliphatic carbocycles. The third-order valence-corrected chi connectivity index (χ3v) is 2.77. The van der Waals surface area contributed by atoms with E-state index in [-0.39, 0.29) is 0 Å². The summed E-state index contributed by atoms with van der Waals surface area (Å²) in [5.41, 5.74) is 0. The summed E-state index contributed by atoms with van der Waals surface area (Å²) in [5.74, 6) is 1.05. The summed E-state index contributed by atoms with van der Waals surface area (Å²) < 4.78 is 0. The molecule has 0 saturated heterocycles. The van der Waals surface area contributed by atoms with Crippen molar-refractivity contribution in [1.29, 1.82) is 0 Å². The van der Waals surface area contributed by atoms with Gasteiger partial charge in [0.05, 0.1) is 0 Å². The lowest BCUT2D eigenvalue weighted by Gasteiger charge is -2.23. The molecule has 0 aromatic rings. The number of rotatable bonds is 8. The maximum atomic E-state index is 4.66. The molecule has 0 heterocycles. The first-order valence-corrected chi connectivity index (χ1v) is 7.14. The standard InChI is InChI=1S/C14H32N4/c1-7-11-18(12-8-2)13-9-10-15-14(16(3)4)17(5)6/h7-13H2,1-6H3. The number of hydrogen-bond acceptors (Lipinski definition) is 2. The highest BCUT2D eigenvalue weighted by Gasteiger charge is 2.04. The van der Waals surface area contributed by atoms with Gasteiger partial charge in [-0.3, -0.25) is 4.99 Å². The van der Waals surface area contributed by atoms with Crippen LogP contribution in [0.4, 0.5) is 0 Å². The van der Waals surface area contributed by atoms with Gasteiger partial charge in [-0.1, -0.05) is 13.8 Å². The Morgan fingerprint density at radius 3 is 1.72 bits per heavy atom. The molecule has 0 aliphatic rings. The van der Waals surface area contributed by atoms with Gasteiger partial charge in [0, 0.05) is 34.7 Å². The van der Waals surface area contributed by atoms with Crippen molar-refractivity contribution in [1.82, 2.24) is 14.7 Å². The Morgan fingerprint density at radius 2 is 1.33 bits per heavy atom. The molecule has 18 heavy (non-hydrogen) atoms. The van der Waals surface area contributed by atoms with Crippen LogP contribution in [-0.2, 0) is 0 Å². The monoisotopic (exact) mass is 256 g/mol. The number of hydrogen-bond donors (Lipinski definition) is 0. The predicted molar refractivity (Wildman–Crippen MR) is 81.3 cm³/mol. The van der Waals surface area contributed by atoms with Crippen molar-refractivity contribution in [2.45, 2.75) is 33.1 Å². The zero-order valence-electron chi connectivity index (χ0n) is 13.2. The normalized spacial score (nSPS) is 10.6. The van der Waals surface area contributed by atoms with Crippen LogP contribution in [0.15, 0.2) is 4.99 Å². The molecule has 0 spiro atoms. The minimum Gasteiger partial charge on any atom is -0.349 e. The highest BCUT2D eigenvalue weighted by Crippen LogP contribution is 1.97. The molecule has 4 nitrogen and oxygen atoms in total. The molecule has 0 aromatic heterocycles. The summed E-state index contributed by atoms with van der Waals surface area (Å²) in [6, 6.07) is 0. The molecular weight excluding hydrogens is 224 g/mol. The molecule has 4 heteroatoms. The molecule has 0 rings (SSSR count). The van der Waals surface area contributed by atoms with Gasteiger partial charge in [0.2, 0.25) is 0 Å². The van der Waals surface area contributed by atoms with Gasteiger partial charge in [-0.2, -0.15) is 0 Å². The van der Waals surface area contributed by atoms with Crippen LogP contribution in [0.5, 0.6) is 0 Å². The van der Waals surface area contributed by atoms with E-state index < -0.39 is 0 Å². The van der Waals surface area contributed by atoms with Gasteiger partial charge in [0.25, 0.3) is 0 Å². The fraction of sp³-hybridized carbons (Fsp3) is 0.929. The summed E-state index contributed by atoms with van der Waals surface area (Å²) in [6.45, 7) is 9.00. The van der Waals surface area contributed by atoms with Crippen LogP contribution in [0.1, 0.15) is 33.1 Å². The van der Waals surface area contributed by atoms with Crippen LogP contribution in [0, 0.1) is 0 Å². The van der Waals surface area contributed by atoms with Crippen LogP contribution >= 0.6 is 0 Å². The van der Waals surface area contributed by atoms with Gasteiger partial charge in [-0.15, -0.1) is 0 Å². The SMILES string of the molecule is CCCN(CCC)CCCN=C(N(C)C)N(C)C. The lowest BCUT2D eigenvalue weighted by Crippen LogP contribution is -2.35. The van der Waals surface area contributed by atoms with Crippen LogP contribution in [0.25, 0.3) is 0 Å². The minimum atomic E-state index is 0.912. The summed E-state index contributed by atoms with van der Waals surface area (Å²) in [7, 11) is 8.16. The maximum absolute atomic E-state index is 4.66. The highest BCUT2D eigenvalue weighted by molar-refractivity contribution is 5.79. The molecule has 108 valence electrons. The maximum Gasteiger partial charge on any atom is 0.195 e. The van der Waals surface area contributed by atoms with Gasteiger partial charge in [0.15, 0.2) is 5.96 Å². The molecule has 0 bridgehead atoms. The average Bonchev–Trinajstić information content (AvgIpc) is 2.28. The van der Waals surface area contributed by atoms with Crippen molar-refractivity contribution in [3.8, 4) is 0 Å². The van der Waals surface area contributed by atoms with Crippen LogP contribution < -0.4 is 0 Å². The average molecular weight is 256 g/mol. The Kier molecular flexibility index (Phi) is 9.74. The Labute approximate surface area is 114 Å². The second kappa shape index (κ2) is 10.2. The van der Waals surface area contributed by atoms with Crippen molar-refractivity contribution >= 4 is 5.96 Å². The van der Waals surface area contributed by atoms with Gasteiger partial charge in [-0.25, -0.2) is 0 Å². The zero-order valence-corrected chi connectivity index (χ0v) is 13.2. The fourth-order valence-electron chi connectivity index (χ4n) is 2.12. The second-order valence-electron chi connectivity index (χ2n) is 5.17. The smallest absolute Gasteiger partial charge is 0.195 e. The summed E-state index contributed by atoms with van der Waals surface area (Å²) >= 11 is 0. The van der Waals surface area contributed by atoms with Crippen LogP contribution in [0.3, 0.4) is 0 Å². The van der Waals surface area contributed by atoms with E-state index >= 15 is 0 Å². The van der Waals surface area contributed by atoms with Crippen molar-refractivity contribution in [2.75, 3.05) is 54.4 Å². The van der Waals surface area contributed by atoms with Crippen molar-refractivity contribution < 1.29 is 0 Å². The van der Waals surface area contributed by atoms with Crippen molar-refractivity contribution in [3.05, 3.63) is 0 Å². The van der Waals surface area contributed by atoms with Crippen LogP contribution in [0.2, 0.25) is 0 Å². The summed E-state index contributed by atoms with van der Waals surface area (Å²) in [6.07, 6.45) is 3.62. The molecule has 0 unspecified atom stereocenters. The van der Waals surface area contributed by atoms with Crippen molar-refractivity contribution in [2.24, 2.45) is 4.99 Å². The second-order valence-corrected chi connectivity index (χ2v) is 5.17. The quantitative estimate of drug-likeness (QED) is 0.377. The lowest BCUT2D eigenvalue weighted by atomic mass is 10.3. The zero-order chi connectivity index (χ0) is 14.0. The Morgan fingerprint density at radius 1 is 0.833 bits per heavy atom. The van der Waals surface area contributed by atoms with Gasteiger partial charge in [0.1, 0.15) is 0 Å². The number of aliphatic imine (C=N–C) groups is 1. The first-order valence-electron chi connectivity index (χ1n) is 7.14. The lowest BCUT2D eigenvalue weighted by molar-refractivity contribution is 0.273. The summed E-state index contributed by atoms with van der Waals surface area (Å²) in [4.78, 5) is 11.3. The largest absolute Gasteiger partial charge is 0.349 e. The number of guanidine groups is 1. The Hall–Kier alpha value is -0.770. The Bertz CT molecular complexity index is 208. The van der Waals surface area contributed by atoms with E-state index in [4.69, 9.17) is 0 Å². The fourth-order valence-corrected chi connectivity index (χ4v) is 2.12. The molecular formula is C14H32N4. The number of nitrogens with zero attached hydrogens (tertiary/aromatic N) is 4. The first kappa shape index (κ1) is 17.2. The third-order valence-electron chi connectivity index (χ3n) is 2.77. The Balaban J connectivity index is 4.03. The van der Waals surface area contributed by atoms with E-state index in [0.717, 1.165) is 18.9 Å². The highest BCUT2D eigenvalue weighted by atomic mass is 15.3. The van der Waals surface area contributed by atoms with Gasteiger partial charge in [-0.05, 0) is 38.9 Å². The molecule has 0 amide bonds. The van der Waals surface area contributed by atoms with E-state index in [1.54, 1.807) is 0 Å². The molecule has 0 saturated carbocycles. The molecule has 0 aromatic carbocycles. The molecule has 0 aliphatic heterocycles. The van der Waals surface area contributed by atoms with E-state index in [9.17, 15) is 0 Å². The summed E-state index contributed by atoms with van der Waals surface area (Å²) in [5, 5.41) is 0. The van der Waals surface area contributed by atoms with E-state index in [0.29, 0.717) is 0 Å². The molecule has 0 fully saturated rings. The molecule has 0 radical (unpaired) electrons. The van der Waals surface area contributed by atoms with Crippen LogP contribution in [-0.4, -0.2) is 75.0 Å².